The Morgan fingerprint density at radius 3 is 2.86 bits per heavy atom. The Hall–Kier alpha value is -0.370. The molecule has 2 unspecified atom stereocenters. The summed E-state index contributed by atoms with van der Waals surface area (Å²) in [5, 5.41) is 0. The lowest BCUT2D eigenvalue weighted by Gasteiger charge is -2.37. The fourth-order valence-electron chi connectivity index (χ4n) is 2.48. The summed E-state index contributed by atoms with van der Waals surface area (Å²) >= 11 is 0. The Morgan fingerprint density at radius 1 is 1.57 bits per heavy atom. The maximum atomic E-state index is 10.2. The highest BCUT2D eigenvalue weighted by atomic mass is 16.5. The highest BCUT2D eigenvalue weighted by Gasteiger charge is 2.31. The summed E-state index contributed by atoms with van der Waals surface area (Å²) in [6.45, 7) is 6.99. The summed E-state index contributed by atoms with van der Waals surface area (Å²) in [6.07, 6.45) is 6.18. The minimum atomic E-state index is 0.236. The summed E-state index contributed by atoms with van der Waals surface area (Å²) in [6, 6.07) is 0. The Kier molecular flexibility index (Phi) is 4.11. The first-order chi connectivity index (χ1) is 6.55. The van der Waals surface area contributed by atoms with Crippen molar-refractivity contribution >= 4 is 6.29 Å². The molecule has 0 aliphatic heterocycles. The van der Waals surface area contributed by atoms with E-state index in [0.29, 0.717) is 11.3 Å². The second-order valence-corrected chi connectivity index (χ2v) is 5.23. The molecule has 2 nitrogen and oxygen atoms in total. The van der Waals surface area contributed by atoms with Crippen molar-refractivity contribution < 1.29 is 9.53 Å². The molecule has 1 rings (SSSR count). The highest BCUT2D eigenvalue weighted by Crippen LogP contribution is 2.40. The van der Waals surface area contributed by atoms with Crippen LogP contribution < -0.4 is 0 Å². The zero-order valence-electron chi connectivity index (χ0n) is 9.58. The molecule has 0 amide bonds. The third-order valence-corrected chi connectivity index (χ3v) is 3.33. The number of carbonyl (C=O) groups is 1. The van der Waals surface area contributed by atoms with Gasteiger partial charge in [0.2, 0.25) is 0 Å². The second kappa shape index (κ2) is 4.92. The fourth-order valence-corrected chi connectivity index (χ4v) is 2.48. The molecule has 0 aromatic heterocycles. The van der Waals surface area contributed by atoms with Gasteiger partial charge in [-0.05, 0) is 37.5 Å². The van der Waals surface area contributed by atoms with Gasteiger partial charge in [-0.25, -0.2) is 0 Å². The minimum Gasteiger partial charge on any atom is -0.371 e. The van der Waals surface area contributed by atoms with Gasteiger partial charge in [0, 0.05) is 0 Å². The molecule has 0 N–H and O–H groups in total. The van der Waals surface area contributed by atoms with Gasteiger partial charge in [-0.2, -0.15) is 0 Å². The standard InChI is InChI=1S/C12H22O2/c1-10(14-8-7-13)11-5-4-6-12(2,3)9-11/h7,10-11H,4-6,8-9H2,1-3H3. The SMILES string of the molecule is CC(OCC=O)C1CCCC(C)(C)C1. The van der Waals surface area contributed by atoms with Gasteiger partial charge >= 0.3 is 0 Å². The summed E-state index contributed by atoms with van der Waals surface area (Å²) < 4.78 is 5.46. The van der Waals surface area contributed by atoms with E-state index in [2.05, 4.69) is 20.8 Å². The van der Waals surface area contributed by atoms with Gasteiger partial charge in [0.25, 0.3) is 0 Å². The zero-order chi connectivity index (χ0) is 10.6. The van der Waals surface area contributed by atoms with Crippen LogP contribution in [0.4, 0.5) is 0 Å². The van der Waals surface area contributed by atoms with Gasteiger partial charge < -0.3 is 9.53 Å². The number of hydrogen-bond donors (Lipinski definition) is 0. The molecule has 14 heavy (non-hydrogen) atoms. The van der Waals surface area contributed by atoms with Crippen molar-refractivity contribution in [2.24, 2.45) is 11.3 Å². The fraction of sp³-hybridized carbons (Fsp3) is 0.917. The molecule has 0 saturated heterocycles. The number of aldehydes is 1. The van der Waals surface area contributed by atoms with Crippen LogP contribution in [0.3, 0.4) is 0 Å². The molecular formula is C12H22O2. The molecule has 0 heterocycles. The monoisotopic (exact) mass is 198 g/mol. The minimum absolute atomic E-state index is 0.236. The Labute approximate surface area is 87.0 Å². The first-order valence-corrected chi connectivity index (χ1v) is 5.60. The lowest BCUT2D eigenvalue weighted by atomic mass is 9.71. The summed E-state index contributed by atoms with van der Waals surface area (Å²) in [5.41, 5.74) is 0.460. The van der Waals surface area contributed by atoms with Crippen LogP contribution in [-0.4, -0.2) is 19.0 Å². The number of ether oxygens (including phenoxy) is 1. The summed E-state index contributed by atoms with van der Waals surface area (Å²) in [7, 11) is 0. The van der Waals surface area contributed by atoms with Gasteiger partial charge in [0.1, 0.15) is 12.9 Å². The normalized spacial score (nSPS) is 28.4. The Morgan fingerprint density at radius 2 is 2.29 bits per heavy atom. The summed E-state index contributed by atoms with van der Waals surface area (Å²) in [5.74, 6) is 0.638. The molecule has 0 aromatic rings. The number of rotatable bonds is 4. The van der Waals surface area contributed by atoms with Gasteiger partial charge in [0.05, 0.1) is 6.10 Å². The molecule has 2 atom stereocenters. The van der Waals surface area contributed by atoms with Crippen molar-refractivity contribution in [1.82, 2.24) is 0 Å². The van der Waals surface area contributed by atoms with Crippen molar-refractivity contribution in [1.29, 1.82) is 0 Å². The smallest absolute Gasteiger partial charge is 0.145 e. The lowest BCUT2D eigenvalue weighted by Crippen LogP contribution is -2.31. The van der Waals surface area contributed by atoms with Crippen LogP contribution in [0.25, 0.3) is 0 Å². The van der Waals surface area contributed by atoms with Gasteiger partial charge in [-0.15, -0.1) is 0 Å². The van der Waals surface area contributed by atoms with Crippen molar-refractivity contribution in [2.75, 3.05) is 6.61 Å². The van der Waals surface area contributed by atoms with Crippen molar-refractivity contribution in [3.63, 3.8) is 0 Å². The van der Waals surface area contributed by atoms with E-state index in [4.69, 9.17) is 4.74 Å². The van der Waals surface area contributed by atoms with Crippen LogP contribution in [0.5, 0.6) is 0 Å². The molecule has 2 heteroatoms. The largest absolute Gasteiger partial charge is 0.371 e. The van der Waals surface area contributed by atoms with Crippen LogP contribution in [0.2, 0.25) is 0 Å². The number of hydrogen-bond acceptors (Lipinski definition) is 2. The molecule has 1 aliphatic carbocycles. The predicted molar refractivity (Wildman–Crippen MR) is 57.2 cm³/mol. The maximum absolute atomic E-state index is 10.2. The van der Waals surface area contributed by atoms with Crippen LogP contribution in [0.1, 0.15) is 46.5 Å². The van der Waals surface area contributed by atoms with E-state index in [-0.39, 0.29) is 12.7 Å². The van der Waals surface area contributed by atoms with E-state index < -0.39 is 0 Å². The molecule has 1 aliphatic rings. The molecule has 0 spiro atoms. The zero-order valence-corrected chi connectivity index (χ0v) is 9.58. The van der Waals surface area contributed by atoms with Crippen molar-refractivity contribution in [3.8, 4) is 0 Å². The quantitative estimate of drug-likeness (QED) is 0.649. The van der Waals surface area contributed by atoms with Crippen LogP contribution in [0.15, 0.2) is 0 Å². The molecule has 0 bridgehead atoms. The molecule has 1 fully saturated rings. The second-order valence-electron chi connectivity index (χ2n) is 5.23. The van der Waals surface area contributed by atoms with Gasteiger partial charge in [-0.3, -0.25) is 0 Å². The third-order valence-electron chi connectivity index (χ3n) is 3.33. The van der Waals surface area contributed by atoms with E-state index in [9.17, 15) is 4.79 Å². The Balaban J connectivity index is 2.39. The first-order valence-electron chi connectivity index (χ1n) is 5.60. The van der Waals surface area contributed by atoms with Gasteiger partial charge in [-0.1, -0.05) is 20.3 Å². The van der Waals surface area contributed by atoms with Crippen molar-refractivity contribution in [2.45, 2.75) is 52.6 Å². The molecule has 0 radical (unpaired) electrons. The van der Waals surface area contributed by atoms with Gasteiger partial charge in [0.15, 0.2) is 0 Å². The molecule has 0 aromatic carbocycles. The Bertz CT molecular complexity index is 187. The average molecular weight is 198 g/mol. The van der Waals surface area contributed by atoms with Crippen LogP contribution in [0, 0.1) is 11.3 Å². The average Bonchev–Trinajstić information content (AvgIpc) is 2.12. The van der Waals surface area contributed by atoms with E-state index in [1.165, 1.54) is 25.7 Å². The van der Waals surface area contributed by atoms with Crippen LogP contribution in [-0.2, 0) is 9.53 Å². The molecule has 82 valence electrons. The van der Waals surface area contributed by atoms with Crippen molar-refractivity contribution in [3.05, 3.63) is 0 Å². The summed E-state index contributed by atoms with van der Waals surface area (Å²) in [4.78, 5) is 10.2. The maximum Gasteiger partial charge on any atom is 0.145 e. The van der Waals surface area contributed by atoms with Crippen LogP contribution >= 0.6 is 0 Å². The topological polar surface area (TPSA) is 26.3 Å². The first kappa shape index (κ1) is 11.7. The highest BCUT2D eigenvalue weighted by molar-refractivity contribution is 5.50. The lowest BCUT2D eigenvalue weighted by molar-refractivity contribution is -0.115. The number of carbonyl (C=O) groups excluding carboxylic acids is 1. The predicted octanol–water partition coefficient (Wildman–Crippen LogP) is 2.81. The molecule has 1 saturated carbocycles. The van der Waals surface area contributed by atoms with E-state index in [1.54, 1.807) is 0 Å². The molecular weight excluding hydrogens is 176 g/mol. The van der Waals surface area contributed by atoms with E-state index >= 15 is 0 Å². The van der Waals surface area contributed by atoms with E-state index in [1.807, 2.05) is 0 Å². The third kappa shape index (κ3) is 3.41. The van der Waals surface area contributed by atoms with E-state index in [0.717, 1.165) is 6.29 Å².